The summed E-state index contributed by atoms with van der Waals surface area (Å²) >= 11 is 0. The maximum Gasteiger partial charge on any atom is 0.238 e. The van der Waals surface area contributed by atoms with Crippen molar-refractivity contribution in [3.8, 4) is 0 Å². The second kappa shape index (κ2) is 4.65. The van der Waals surface area contributed by atoms with Crippen molar-refractivity contribution >= 4 is 5.96 Å². The van der Waals surface area contributed by atoms with Gasteiger partial charge in [-0.2, -0.15) is 0 Å². The number of hydrogen-bond acceptors (Lipinski definition) is 1. The third kappa shape index (κ3) is 2.47. The molecule has 4 aliphatic rings. The molecular formula is C15H29N4+. The van der Waals surface area contributed by atoms with Crippen LogP contribution in [0.5, 0.6) is 0 Å². The van der Waals surface area contributed by atoms with Gasteiger partial charge in [0.2, 0.25) is 5.96 Å². The van der Waals surface area contributed by atoms with E-state index in [2.05, 4.69) is 38.4 Å². The number of piperidine rings is 1. The predicted octanol–water partition coefficient (Wildman–Crippen LogP) is 1.88. The van der Waals surface area contributed by atoms with Crippen LogP contribution in [-0.4, -0.2) is 41.8 Å². The summed E-state index contributed by atoms with van der Waals surface area (Å²) in [6, 6.07) is 1.61. The molecule has 108 valence electrons. The Morgan fingerprint density at radius 1 is 1.05 bits per heavy atom. The van der Waals surface area contributed by atoms with Gasteiger partial charge < -0.3 is 5.32 Å². The summed E-state index contributed by atoms with van der Waals surface area (Å²) in [5.41, 5.74) is 3.79. The predicted molar refractivity (Wildman–Crippen MR) is 78.6 cm³/mol. The van der Waals surface area contributed by atoms with Crippen molar-refractivity contribution in [2.24, 2.45) is 16.8 Å². The van der Waals surface area contributed by atoms with Gasteiger partial charge in [0.15, 0.2) is 0 Å². The summed E-state index contributed by atoms with van der Waals surface area (Å²) in [5, 5.41) is 3.50. The Morgan fingerprint density at radius 3 is 2.21 bits per heavy atom. The fourth-order valence-corrected chi connectivity index (χ4v) is 4.55. The molecule has 19 heavy (non-hydrogen) atoms. The molecule has 0 radical (unpaired) electrons. The highest BCUT2D eigenvalue weighted by Gasteiger charge is 2.59. The van der Waals surface area contributed by atoms with E-state index in [-0.39, 0.29) is 0 Å². The minimum absolute atomic E-state index is 0.338. The number of rotatable bonds is 3. The number of quaternary nitrogens is 1. The number of aliphatic imine (C=N–C) groups is 1. The van der Waals surface area contributed by atoms with Crippen LogP contribution in [0.3, 0.4) is 0 Å². The molecule has 2 atom stereocenters. The quantitative estimate of drug-likeness (QED) is 0.464. The minimum Gasteiger partial charge on any atom is -0.350 e. The van der Waals surface area contributed by atoms with Crippen LogP contribution in [0.2, 0.25) is 0 Å². The average Bonchev–Trinajstić information content (AvgIpc) is 2.60. The topological polar surface area (TPSA) is 36.4 Å². The molecule has 0 aromatic rings. The van der Waals surface area contributed by atoms with Crippen LogP contribution in [0.25, 0.3) is 0 Å². The van der Waals surface area contributed by atoms with Gasteiger partial charge in [0, 0.05) is 36.8 Å². The summed E-state index contributed by atoms with van der Waals surface area (Å²) in [4.78, 5) is 4.75. The second-order valence-electron chi connectivity index (χ2n) is 7.47. The van der Waals surface area contributed by atoms with E-state index in [0.29, 0.717) is 12.1 Å². The second-order valence-corrected chi connectivity index (χ2v) is 7.47. The van der Waals surface area contributed by atoms with Crippen LogP contribution >= 0.6 is 0 Å². The van der Waals surface area contributed by atoms with Gasteiger partial charge >= 0.3 is 0 Å². The molecule has 4 bridgehead atoms. The van der Waals surface area contributed by atoms with Crippen molar-refractivity contribution in [3.63, 3.8) is 0 Å². The molecule has 1 aliphatic carbocycles. The smallest absolute Gasteiger partial charge is 0.238 e. The Balaban J connectivity index is 1.75. The van der Waals surface area contributed by atoms with Crippen molar-refractivity contribution in [3.05, 3.63) is 0 Å². The molecular weight excluding hydrogens is 236 g/mol. The summed E-state index contributed by atoms with van der Waals surface area (Å²) in [6.45, 7) is 11.3. The largest absolute Gasteiger partial charge is 0.350 e. The van der Waals surface area contributed by atoms with Crippen LogP contribution in [-0.2, 0) is 0 Å². The lowest BCUT2D eigenvalue weighted by molar-refractivity contribution is -0.964. The normalized spacial score (nSPS) is 40.5. The maximum atomic E-state index is 4.75. The SMILES string of the molecule is CC(C)N=C(NC(C)C)N[N+]12CC3CC(CC1C3)C2. The molecule has 4 fully saturated rings. The number of nitrogens with one attached hydrogen (secondary N) is 2. The van der Waals surface area contributed by atoms with Gasteiger partial charge in [-0.25, -0.2) is 15.0 Å². The Morgan fingerprint density at radius 2 is 1.68 bits per heavy atom. The molecule has 0 aromatic carbocycles. The van der Waals surface area contributed by atoms with Crippen molar-refractivity contribution in [2.75, 3.05) is 13.1 Å². The summed E-state index contributed by atoms with van der Waals surface area (Å²) < 4.78 is 1.11. The van der Waals surface area contributed by atoms with Gasteiger partial charge in [0.05, 0.1) is 0 Å². The molecule has 4 nitrogen and oxygen atoms in total. The Bertz CT molecular complexity index is 360. The highest BCUT2D eigenvalue weighted by Crippen LogP contribution is 2.49. The van der Waals surface area contributed by atoms with Crippen molar-refractivity contribution in [1.29, 1.82) is 0 Å². The van der Waals surface area contributed by atoms with E-state index >= 15 is 0 Å². The molecule has 3 heterocycles. The van der Waals surface area contributed by atoms with E-state index in [1.807, 2.05) is 0 Å². The Labute approximate surface area is 117 Å². The first-order valence-corrected chi connectivity index (χ1v) is 7.96. The summed E-state index contributed by atoms with van der Waals surface area (Å²) in [7, 11) is 0. The molecule has 0 amide bonds. The van der Waals surface area contributed by atoms with Crippen molar-refractivity contribution in [1.82, 2.24) is 10.7 Å². The van der Waals surface area contributed by atoms with Gasteiger partial charge in [-0.05, 0) is 34.1 Å². The fourth-order valence-electron chi connectivity index (χ4n) is 4.55. The number of nitrogens with zero attached hydrogens (tertiary/aromatic N) is 2. The van der Waals surface area contributed by atoms with Gasteiger partial charge in [0.1, 0.15) is 19.1 Å². The monoisotopic (exact) mass is 265 g/mol. The Kier molecular flexibility index (Phi) is 3.24. The lowest BCUT2D eigenvalue weighted by Crippen LogP contribution is -2.64. The molecule has 0 spiro atoms. The number of hydrogen-bond donors (Lipinski definition) is 2. The highest BCUT2D eigenvalue weighted by molar-refractivity contribution is 5.79. The molecule has 3 saturated heterocycles. The average molecular weight is 265 g/mol. The zero-order valence-electron chi connectivity index (χ0n) is 12.8. The summed E-state index contributed by atoms with van der Waals surface area (Å²) in [6.07, 6.45) is 4.34. The van der Waals surface area contributed by atoms with Crippen molar-refractivity contribution in [2.45, 2.75) is 65.1 Å². The van der Waals surface area contributed by atoms with Crippen LogP contribution < -0.4 is 10.7 Å². The molecule has 1 saturated carbocycles. The Hall–Kier alpha value is -0.770. The van der Waals surface area contributed by atoms with E-state index in [1.165, 1.54) is 32.4 Å². The van der Waals surface area contributed by atoms with E-state index in [4.69, 9.17) is 4.99 Å². The molecule has 4 rings (SSSR count). The summed E-state index contributed by atoms with van der Waals surface area (Å²) in [5.74, 6) is 2.94. The molecule has 0 aromatic heterocycles. The van der Waals surface area contributed by atoms with E-state index < -0.39 is 0 Å². The highest BCUT2D eigenvalue weighted by atomic mass is 15.7. The first kappa shape index (κ1) is 13.2. The molecule has 2 N–H and O–H groups in total. The molecule has 2 unspecified atom stereocenters. The minimum atomic E-state index is 0.338. The third-order valence-electron chi connectivity index (χ3n) is 4.89. The number of guanidine groups is 1. The molecule has 3 aliphatic heterocycles. The van der Waals surface area contributed by atoms with Crippen LogP contribution in [0, 0.1) is 11.8 Å². The van der Waals surface area contributed by atoms with E-state index in [9.17, 15) is 0 Å². The van der Waals surface area contributed by atoms with E-state index in [1.54, 1.807) is 0 Å². The third-order valence-corrected chi connectivity index (χ3v) is 4.89. The first-order chi connectivity index (χ1) is 8.97. The van der Waals surface area contributed by atoms with Crippen LogP contribution in [0.15, 0.2) is 4.99 Å². The van der Waals surface area contributed by atoms with Gasteiger partial charge in [-0.1, -0.05) is 0 Å². The molecule has 4 heteroatoms. The van der Waals surface area contributed by atoms with Crippen molar-refractivity contribution < 1.29 is 4.59 Å². The lowest BCUT2D eigenvalue weighted by Gasteiger charge is -2.37. The standard InChI is InChI=1S/C15H29N4/c1-10(2)16-15(17-11(3)4)18-19-8-12-5-13(9-19)7-14(19)6-12/h10-14H,5-9H2,1-4H3,(H2,16,17,18)/q+1. The van der Waals surface area contributed by atoms with Gasteiger partial charge in [-0.15, -0.1) is 0 Å². The van der Waals surface area contributed by atoms with Crippen LogP contribution in [0.1, 0.15) is 47.0 Å². The maximum absolute atomic E-state index is 4.75. The van der Waals surface area contributed by atoms with Gasteiger partial charge in [-0.3, -0.25) is 0 Å². The van der Waals surface area contributed by atoms with Crippen LogP contribution in [0.4, 0.5) is 0 Å². The first-order valence-electron chi connectivity index (χ1n) is 7.96. The zero-order chi connectivity index (χ0) is 13.6. The van der Waals surface area contributed by atoms with E-state index in [0.717, 1.165) is 28.4 Å². The lowest BCUT2D eigenvalue weighted by atomic mass is 9.83. The fraction of sp³-hybridized carbons (Fsp3) is 0.933. The zero-order valence-corrected chi connectivity index (χ0v) is 12.8. The van der Waals surface area contributed by atoms with Gasteiger partial charge in [0.25, 0.3) is 0 Å².